The third kappa shape index (κ3) is 6.52. The van der Waals surface area contributed by atoms with E-state index in [9.17, 15) is 9.59 Å². The van der Waals surface area contributed by atoms with E-state index < -0.39 is 8.32 Å². The maximum absolute atomic E-state index is 12.6. The van der Waals surface area contributed by atoms with Crippen LogP contribution in [0.5, 0.6) is 0 Å². The van der Waals surface area contributed by atoms with Gasteiger partial charge < -0.3 is 9.33 Å². The Morgan fingerprint density at radius 1 is 1.10 bits per heavy atom. The Morgan fingerprint density at radius 2 is 1.72 bits per heavy atom. The van der Waals surface area contributed by atoms with Gasteiger partial charge in [0.1, 0.15) is 0 Å². The average molecular weight is 422 g/mol. The Labute approximate surface area is 179 Å². The van der Waals surface area contributed by atoms with E-state index in [4.69, 9.17) is 4.43 Å². The number of hydrogen-bond acceptors (Lipinski definition) is 3. The number of carbonyl (C=O) groups excluding carboxylic acids is 2. The fourth-order valence-electron chi connectivity index (χ4n) is 5.31. The van der Waals surface area contributed by atoms with Crippen LogP contribution in [0.3, 0.4) is 0 Å². The Balaban J connectivity index is 1.95. The molecule has 0 aromatic rings. The van der Waals surface area contributed by atoms with Gasteiger partial charge in [-0.25, -0.2) is 0 Å². The molecule has 0 radical (unpaired) electrons. The first-order valence-corrected chi connectivity index (χ1v) is 14.0. The van der Waals surface area contributed by atoms with Crippen molar-refractivity contribution in [2.75, 3.05) is 13.2 Å². The third-order valence-corrected chi connectivity index (χ3v) is 13.1. The summed E-state index contributed by atoms with van der Waals surface area (Å²) in [6.07, 6.45) is 10.4. The lowest BCUT2D eigenvalue weighted by Crippen LogP contribution is -2.50. The summed E-state index contributed by atoms with van der Waals surface area (Å²) in [5.41, 5.74) is 1.62. The molecule has 1 saturated carbocycles. The van der Waals surface area contributed by atoms with Crippen LogP contribution in [0.15, 0.2) is 12.2 Å². The van der Waals surface area contributed by atoms with Crippen LogP contribution in [0.2, 0.25) is 16.6 Å². The van der Waals surface area contributed by atoms with Crippen molar-refractivity contribution in [2.24, 2.45) is 5.92 Å². The van der Waals surface area contributed by atoms with Gasteiger partial charge in [0, 0.05) is 19.4 Å². The number of rotatable bonds is 12. The maximum atomic E-state index is 12.6. The number of amides is 1. The zero-order valence-electron chi connectivity index (χ0n) is 19.6. The molecule has 1 heterocycles. The molecule has 29 heavy (non-hydrogen) atoms. The molecule has 0 spiro atoms. The molecule has 1 atom stereocenters. The molecule has 0 aromatic carbocycles. The number of hydrogen-bond donors (Lipinski definition) is 0. The Morgan fingerprint density at radius 3 is 2.28 bits per heavy atom. The minimum absolute atomic E-state index is 0.0398. The van der Waals surface area contributed by atoms with Gasteiger partial charge in [-0.05, 0) is 47.9 Å². The van der Waals surface area contributed by atoms with Crippen LogP contribution in [0.4, 0.5) is 0 Å². The highest BCUT2D eigenvalue weighted by atomic mass is 28.4. The van der Waals surface area contributed by atoms with Gasteiger partial charge in [0.25, 0.3) is 0 Å². The van der Waals surface area contributed by atoms with Gasteiger partial charge >= 0.3 is 0 Å². The van der Waals surface area contributed by atoms with Crippen molar-refractivity contribution < 1.29 is 14.0 Å². The predicted molar refractivity (Wildman–Crippen MR) is 122 cm³/mol. The first kappa shape index (κ1) is 24.3. The van der Waals surface area contributed by atoms with Crippen LogP contribution in [0, 0.1) is 5.92 Å². The van der Waals surface area contributed by atoms with E-state index in [2.05, 4.69) is 41.5 Å². The SMILES string of the molecule is CC(C)[Si](OCCN1C(=O)CCC[C@@H]1/C=C/C(=O)CCC1CC1)(C(C)C)C(C)C. The maximum Gasteiger partial charge on any atom is 0.223 e. The second-order valence-electron chi connectivity index (χ2n) is 10.0. The number of piperidine rings is 1. The second-order valence-corrected chi connectivity index (χ2v) is 15.5. The molecular weight excluding hydrogens is 378 g/mol. The standard InChI is InChI=1S/C24H43NO3Si/c1-18(2)29(19(3)4,20(5)6)28-17-16-25-22(8-7-9-24(25)27)13-15-23(26)14-12-21-10-11-21/h13,15,18-22H,7-12,14,16-17H2,1-6H3/b15-13+/t22-/m1/s1. The number of carbonyl (C=O) groups is 2. The van der Waals surface area contributed by atoms with Crippen LogP contribution < -0.4 is 0 Å². The first-order valence-electron chi connectivity index (χ1n) is 11.8. The van der Waals surface area contributed by atoms with Gasteiger partial charge in [-0.1, -0.05) is 60.5 Å². The molecule has 1 aliphatic carbocycles. The van der Waals surface area contributed by atoms with Crippen LogP contribution in [-0.4, -0.2) is 44.1 Å². The molecule has 1 saturated heterocycles. The fraction of sp³-hybridized carbons (Fsp3) is 0.833. The monoisotopic (exact) mass is 421 g/mol. The first-order chi connectivity index (χ1) is 13.7. The molecule has 0 unspecified atom stereocenters. The summed E-state index contributed by atoms with van der Waals surface area (Å²) in [7, 11) is -1.92. The molecule has 4 nitrogen and oxygen atoms in total. The molecule has 2 aliphatic rings. The number of likely N-dealkylation sites (tertiary alicyclic amines) is 1. The molecule has 5 heteroatoms. The highest BCUT2D eigenvalue weighted by molar-refractivity contribution is 6.77. The van der Waals surface area contributed by atoms with Crippen molar-refractivity contribution in [1.29, 1.82) is 0 Å². The van der Waals surface area contributed by atoms with E-state index >= 15 is 0 Å². The lowest BCUT2D eigenvalue weighted by Gasteiger charge is -2.43. The molecule has 2 rings (SSSR count). The average Bonchev–Trinajstić information content (AvgIpc) is 3.46. The van der Waals surface area contributed by atoms with Crippen LogP contribution in [0.1, 0.15) is 86.5 Å². The smallest absolute Gasteiger partial charge is 0.223 e. The largest absolute Gasteiger partial charge is 0.414 e. The normalized spacial score (nSPS) is 21.2. The molecule has 166 valence electrons. The zero-order valence-corrected chi connectivity index (χ0v) is 20.6. The Bertz CT molecular complexity index is 559. The molecular formula is C24H43NO3Si. The fourth-order valence-corrected chi connectivity index (χ4v) is 10.8. The van der Waals surface area contributed by atoms with Gasteiger partial charge in [-0.15, -0.1) is 0 Å². The number of nitrogens with zero attached hydrogens (tertiary/aromatic N) is 1. The van der Waals surface area contributed by atoms with E-state index in [1.165, 1.54) is 12.8 Å². The summed E-state index contributed by atoms with van der Waals surface area (Å²) in [4.78, 5) is 26.7. The summed E-state index contributed by atoms with van der Waals surface area (Å²) < 4.78 is 6.66. The topological polar surface area (TPSA) is 46.6 Å². The number of ketones is 1. The predicted octanol–water partition coefficient (Wildman–Crippen LogP) is 5.88. The van der Waals surface area contributed by atoms with Crippen molar-refractivity contribution in [2.45, 2.75) is 109 Å². The lowest BCUT2D eigenvalue weighted by atomic mass is 10.0. The van der Waals surface area contributed by atoms with Crippen molar-refractivity contribution >= 4 is 20.0 Å². The van der Waals surface area contributed by atoms with Gasteiger partial charge in [0.15, 0.2) is 14.1 Å². The minimum atomic E-state index is -1.92. The summed E-state index contributed by atoms with van der Waals surface area (Å²) in [6.45, 7) is 15.0. The lowest BCUT2D eigenvalue weighted by molar-refractivity contribution is -0.135. The van der Waals surface area contributed by atoms with E-state index in [1.54, 1.807) is 6.08 Å². The van der Waals surface area contributed by atoms with E-state index in [1.807, 2.05) is 11.0 Å². The minimum Gasteiger partial charge on any atom is -0.414 e. The van der Waals surface area contributed by atoms with E-state index in [-0.39, 0.29) is 17.7 Å². The second kappa shape index (κ2) is 10.9. The molecule has 0 bridgehead atoms. The van der Waals surface area contributed by atoms with Crippen LogP contribution in [0.25, 0.3) is 0 Å². The summed E-state index contributed by atoms with van der Waals surface area (Å²) >= 11 is 0. The van der Waals surface area contributed by atoms with Crippen LogP contribution >= 0.6 is 0 Å². The third-order valence-electron chi connectivity index (χ3n) is 7.00. The van der Waals surface area contributed by atoms with Crippen molar-refractivity contribution in [3.63, 3.8) is 0 Å². The summed E-state index contributed by atoms with van der Waals surface area (Å²) in [5, 5.41) is 0. The Hall–Kier alpha value is -0.943. The van der Waals surface area contributed by atoms with E-state index in [0.717, 1.165) is 25.2 Å². The van der Waals surface area contributed by atoms with Gasteiger partial charge in [-0.2, -0.15) is 0 Å². The summed E-state index contributed by atoms with van der Waals surface area (Å²) in [5.74, 6) is 1.19. The van der Waals surface area contributed by atoms with Gasteiger partial charge in [0.05, 0.1) is 12.6 Å². The van der Waals surface area contributed by atoms with Crippen molar-refractivity contribution in [1.82, 2.24) is 4.90 Å². The van der Waals surface area contributed by atoms with Crippen LogP contribution in [-0.2, 0) is 14.0 Å². The highest BCUT2D eigenvalue weighted by Gasteiger charge is 2.45. The molecule has 1 amide bonds. The van der Waals surface area contributed by atoms with Gasteiger partial charge in [-0.3, -0.25) is 9.59 Å². The van der Waals surface area contributed by atoms with Crippen molar-refractivity contribution in [3.8, 4) is 0 Å². The quantitative estimate of drug-likeness (QED) is 0.292. The highest BCUT2D eigenvalue weighted by Crippen LogP contribution is 2.42. The zero-order chi connectivity index (χ0) is 21.6. The molecule has 0 N–H and O–H groups in total. The number of allylic oxidation sites excluding steroid dienone is 1. The molecule has 2 fully saturated rings. The van der Waals surface area contributed by atoms with Gasteiger partial charge in [0.2, 0.25) is 5.91 Å². The Kier molecular flexibility index (Phi) is 9.14. The summed E-state index contributed by atoms with van der Waals surface area (Å²) in [6, 6.07) is 0.0398. The molecule has 0 aromatic heterocycles. The van der Waals surface area contributed by atoms with Crippen molar-refractivity contribution in [3.05, 3.63) is 12.2 Å². The van der Waals surface area contributed by atoms with E-state index in [0.29, 0.717) is 42.6 Å². The molecule has 1 aliphatic heterocycles.